The monoisotopic (exact) mass is 234 g/mol. The van der Waals surface area contributed by atoms with Crippen LogP contribution in [0, 0.1) is 22.7 Å². The molecule has 3 atom stereocenters. The highest BCUT2D eigenvalue weighted by atomic mass is 15.2. The molecule has 0 aromatic rings. The third-order valence-electron chi connectivity index (χ3n) is 5.74. The molecular weight excluding hydrogens is 208 g/mol. The van der Waals surface area contributed by atoms with E-state index in [-0.39, 0.29) is 0 Å². The Morgan fingerprint density at radius 1 is 1.35 bits per heavy atom. The SMILES string of the molecule is C=CCC(NN)C12CC3CC(CC(C)(C3)C1)C2. The van der Waals surface area contributed by atoms with Gasteiger partial charge in [0.25, 0.3) is 0 Å². The van der Waals surface area contributed by atoms with Crippen molar-refractivity contribution in [3.05, 3.63) is 12.7 Å². The van der Waals surface area contributed by atoms with Gasteiger partial charge in [-0.25, -0.2) is 0 Å². The Bertz CT molecular complexity index is 309. The van der Waals surface area contributed by atoms with E-state index in [0.29, 0.717) is 16.9 Å². The van der Waals surface area contributed by atoms with E-state index in [0.717, 1.165) is 18.3 Å². The second kappa shape index (κ2) is 3.83. The van der Waals surface area contributed by atoms with Crippen molar-refractivity contribution >= 4 is 0 Å². The van der Waals surface area contributed by atoms with E-state index in [9.17, 15) is 0 Å². The molecule has 3 unspecified atom stereocenters. The summed E-state index contributed by atoms with van der Waals surface area (Å²) < 4.78 is 0. The quantitative estimate of drug-likeness (QED) is 0.446. The van der Waals surface area contributed by atoms with E-state index in [2.05, 4.69) is 18.9 Å². The van der Waals surface area contributed by atoms with Crippen LogP contribution in [0.25, 0.3) is 0 Å². The van der Waals surface area contributed by atoms with E-state index < -0.39 is 0 Å². The van der Waals surface area contributed by atoms with Crippen LogP contribution in [0.2, 0.25) is 0 Å². The van der Waals surface area contributed by atoms with Gasteiger partial charge in [-0.15, -0.1) is 6.58 Å². The van der Waals surface area contributed by atoms with Gasteiger partial charge in [-0.3, -0.25) is 11.3 Å². The Balaban J connectivity index is 1.89. The van der Waals surface area contributed by atoms with Crippen LogP contribution in [-0.4, -0.2) is 6.04 Å². The summed E-state index contributed by atoms with van der Waals surface area (Å²) in [6.45, 7) is 6.41. The maximum atomic E-state index is 5.83. The number of hydrogen-bond donors (Lipinski definition) is 2. The van der Waals surface area contributed by atoms with Gasteiger partial charge in [-0.1, -0.05) is 13.0 Å². The van der Waals surface area contributed by atoms with Crippen molar-refractivity contribution in [2.45, 2.75) is 57.9 Å². The Kier molecular flexibility index (Phi) is 2.64. The Hall–Kier alpha value is -0.340. The minimum Gasteiger partial charge on any atom is -0.271 e. The van der Waals surface area contributed by atoms with E-state index in [4.69, 9.17) is 5.84 Å². The molecule has 2 heteroatoms. The normalized spacial score (nSPS) is 49.3. The minimum absolute atomic E-state index is 0.449. The lowest BCUT2D eigenvalue weighted by molar-refractivity contribution is -0.117. The molecule has 2 nitrogen and oxygen atoms in total. The Labute approximate surface area is 105 Å². The summed E-state index contributed by atoms with van der Waals surface area (Å²) in [5, 5.41) is 0. The Morgan fingerprint density at radius 3 is 2.47 bits per heavy atom. The van der Waals surface area contributed by atoms with Crippen molar-refractivity contribution in [3.8, 4) is 0 Å². The predicted octanol–water partition coefficient (Wildman–Crippen LogP) is 3.00. The molecule has 0 aromatic heterocycles. The molecule has 4 fully saturated rings. The molecule has 0 radical (unpaired) electrons. The molecule has 4 bridgehead atoms. The van der Waals surface area contributed by atoms with Crippen LogP contribution in [0.4, 0.5) is 0 Å². The molecule has 0 aliphatic heterocycles. The van der Waals surface area contributed by atoms with Crippen LogP contribution >= 0.6 is 0 Å². The van der Waals surface area contributed by atoms with Crippen molar-refractivity contribution < 1.29 is 0 Å². The molecule has 4 aliphatic carbocycles. The first-order chi connectivity index (χ1) is 8.09. The summed E-state index contributed by atoms with van der Waals surface area (Å²) in [4.78, 5) is 0. The zero-order valence-corrected chi connectivity index (χ0v) is 11.0. The van der Waals surface area contributed by atoms with Crippen molar-refractivity contribution in [1.82, 2.24) is 5.43 Å². The molecule has 0 saturated heterocycles. The highest BCUT2D eigenvalue weighted by Gasteiger charge is 2.57. The van der Waals surface area contributed by atoms with Gasteiger partial charge in [0.2, 0.25) is 0 Å². The molecule has 17 heavy (non-hydrogen) atoms. The van der Waals surface area contributed by atoms with E-state index in [1.54, 1.807) is 0 Å². The van der Waals surface area contributed by atoms with Crippen molar-refractivity contribution in [2.75, 3.05) is 0 Å². The van der Waals surface area contributed by atoms with Crippen molar-refractivity contribution in [2.24, 2.45) is 28.5 Å². The molecule has 4 rings (SSSR count). The average Bonchev–Trinajstić information content (AvgIpc) is 2.22. The van der Waals surface area contributed by atoms with Crippen LogP contribution in [0.1, 0.15) is 51.9 Å². The van der Waals surface area contributed by atoms with Gasteiger partial charge in [-0.05, 0) is 67.6 Å². The third kappa shape index (κ3) is 1.77. The summed E-state index contributed by atoms with van der Waals surface area (Å²) in [6.07, 6.45) is 11.7. The highest BCUT2D eigenvalue weighted by molar-refractivity contribution is 5.10. The topological polar surface area (TPSA) is 38.0 Å². The first kappa shape index (κ1) is 11.7. The molecule has 96 valence electrons. The van der Waals surface area contributed by atoms with E-state index in [1.165, 1.54) is 38.5 Å². The lowest BCUT2D eigenvalue weighted by Gasteiger charge is -2.63. The number of hydrogen-bond acceptors (Lipinski definition) is 2. The fourth-order valence-electron chi connectivity index (χ4n) is 5.87. The molecule has 0 heterocycles. The maximum Gasteiger partial charge on any atom is 0.0301 e. The number of nitrogens with one attached hydrogen (secondary N) is 1. The number of nitrogens with two attached hydrogens (primary N) is 1. The molecule has 0 spiro atoms. The summed E-state index contributed by atoms with van der Waals surface area (Å²) in [6, 6.07) is 0.449. The fourth-order valence-corrected chi connectivity index (χ4v) is 5.87. The zero-order chi connectivity index (χ0) is 12.1. The second-order valence-corrected chi connectivity index (χ2v) is 7.38. The molecule has 4 aliphatic rings. The smallest absolute Gasteiger partial charge is 0.0301 e. The lowest BCUT2D eigenvalue weighted by Crippen LogP contribution is -2.59. The average molecular weight is 234 g/mol. The molecule has 3 N–H and O–H groups in total. The largest absolute Gasteiger partial charge is 0.271 e. The molecule has 4 saturated carbocycles. The van der Waals surface area contributed by atoms with Gasteiger partial charge in [0.1, 0.15) is 0 Å². The van der Waals surface area contributed by atoms with Gasteiger partial charge in [0.15, 0.2) is 0 Å². The van der Waals surface area contributed by atoms with Gasteiger partial charge >= 0.3 is 0 Å². The zero-order valence-electron chi connectivity index (χ0n) is 11.0. The summed E-state index contributed by atoms with van der Waals surface area (Å²) in [5.74, 6) is 7.77. The van der Waals surface area contributed by atoms with Crippen molar-refractivity contribution in [1.29, 1.82) is 0 Å². The van der Waals surface area contributed by atoms with Crippen LogP contribution in [0.3, 0.4) is 0 Å². The van der Waals surface area contributed by atoms with Gasteiger partial charge < -0.3 is 0 Å². The first-order valence-electron chi connectivity index (χ1n) is 7.16. The predicted molar refractivity (Wildman–Crippen MR) is 71.1 cm³/mol. The van der Waals surface area contributed by atoms with Crippen LogP contribution in [-0.2, 0) is 0 Å². The van der Waals surface area contributed by atoms with Crippen LogP contribution in [0.15, 0.2) is 12.7 Å². The summed E-state index contributed by atoms with van der Waals surface area (Å²) >= 11 is 0. The molecular formula is C15H26N2. The number of hydrazine groups is 1. The van der Waals surface area contributed by atoms with Crippen LogP contribution < -0.4 is 11.3 Å². The lowest BCUT2D eigenvalue weighted by atomic mass is 9.43. The van der Waals surface area contributed by atoms with Crippen LogP contribution in [0.5, 0.6) is 0 Å². The van der Waals surface area contributed by atoms with Gasteiger partial charge in [0.05, 0.1) is 0 Å². The summed E-state index contributed by atoms with van der Waals surface area (Å²) in [7, 11) is 0. The third-order valence-corrected chi connectivity index (χ3v) is 5.74. The standard InChI is InChI=1S/C15H26N2/c1-3-4-13(17-16)15-8-11-5-12(9-15)7-14(2,6-11)10-15/h3,11-13,17H,1,4-10,16H2,2H3. The van der Waals surface area contributed by atoms with E-state index >= 15 is 0 Å². The van der Waals surface area contributed by atoms with E-state index in [1.807, 2.05) is 6.08 Å². The first-order valence-corrected chi connectivity index (χ1v) is 7.16. The maximum absolute atomic E-state index is 5.83. The second-order valence-electron chi connectivity index (χ2n) is 7.38. The highest BCUT2D eigenvalue weighted by Crippen LogP contribution is 2.66. The van der Waals surface area contributed by atoms with Crippen molar-refractivity contribution in [3.63, 3.8) is 0 Å². The number of rotatable bonds is 4. The van der Waals surface area contributed by atoms with Gasteiger partial charge in [0, 0.05) is 6.04 Å². The molecule has 0 aromatic carbocycles. The fraction of sp³-hybridized carbons (Fsp3) is 0.867. The molecule has 0 amide bonds. The minimum atomic E-state index is 0.449. The Morgan fingerprint density at radius 2 is 2.00 bits per heavy atom. The summed E-state index contributed by atoms with van der Waals surface area (Å²) in [5.41, 5.74) is 4.19. The van der Waals surface area contributed by atoms with Gasteiger partial charge in [-0.2, -0.15) is 0 Å².